The van der Waals surface area contributed by atoms with Crippen LogP contribution in [-0.2, 0) is 5.41 Å². The molecule has 1 atom stereocenters. The van der Waals surface area contributed by atoms with Crippen molar-refractivity contribution in [3.05, 3.63) is 95.6 Å². The van der Waals surface area contributed by atoms with Crippen molar-refractivity contribution in [3.63, 3.8) is 0 Å². The molecule has 0 aliphatic rings. The second-order valence-corrected chi connectivity index (χ2v) is 8.23. The van der Waals surface area contributed by atoms with Gasteiger partial charge < -0.3 is 0 Å². The van der Waals surface area contributed by atoms with E-state index in [1.807, 2.05) is 78.9 Å². The second-order valence-electron chi connectivity index (χ2n) is 8.23. The largest absolute Gasteiger partial charge is 0.390 e. The zero-order chi connectivity index (χ0) is 20.4. The van der Waals surface area contributed by atoms with Gasteiger partial charge in [-0.2, -0.15) is 13.2 Å². The van der Waals surface area contributed by atoms with Crippen molar-refractivity contribution in [2.24, 2.45) is 0 Å². The highest BCUT2D eigenvalue weighted by atomic mass is 19.4. The molecule has 0 radical (unpaired) electrons. The molecule has 0 heterocycles. The maximum absolute atomic E-state index is 13.3. The molecular formula is C25H25F3. The molecule has 0 nitrogen and oxygen atoms in total. The number of hydrogen-bond donors (Lipinski definition) is 0. The Kier molecular flexibility index (Phi) is 5.64. The van der Waals surface area contributed by atoms with Gasteiger partial charge in [0.1, 0.15) is 0 Å². The maximum atomic E-state index is 13.3. The first kappa shape index (κ1) is 20.2. The number of benzene rings is 3. The second kappa shape index (κ2) is 7.83. The predicted octanol–water partition coefficient (Wildman–Crippen LogP) is 7.74. The van der Waals surface area contributed by atoms with Crippen molar-refractivity contribution in [2.45, 2.75) is 44.7 Å². The zero-order valence-electron chi connectivity index (χ0n) is 16.4. The highest BCUT2D eigenvalue weighted by molar-refractivity contribution is 5.63. The fraction of sp³-hybridized carbons (Fsp3) is 0.280. The third kappa shape index (κ3) is 5.03. The third-order valence-corrected chi connectivity index (χ3v) is 5.03. The molecule has 0 bridgehead atoms. The molecule has 146 valence electrons. The van der Waals surface area contributed by atoms with Gasteiger partial charge in [0.05, 0.1) is 6.42 Å². The number of hydrogen-bond acceptors (Lipinski definition) is 0. The van der Waals surface area contributed by atoms with Gasteiger partial charge in [0, 0.05) is 5.92 Å². The molecule has 0 amide bonds. The molecule has 0 aliphatic heterocycles. The van der Waals surface area contributed by atoms with Crippen LogP contribution >= 0.6 is 0 Å². The molecular weight excluding hydrogens is 357 g/mol. The van der Waals surface area contributed by atoms with E-state index in [0.717, 1.165) is 16.7 Å². The lowest BCUT2D eigenvalue weighted by Crippen LogP contribution is -2.16. The summed E-state index contributed by atoms with van der Waals surface area (Å²) in [7, 11) is 0. The van der Waals surface area contributed by atoms with Crippen LogP contribution in [0, 0.1) is 0 Å². The van der Waals surface area contributed by atoms with Crippen LogP contribution in [0.2, 0.25) is 0 Å². The van der Waals surface area contributed by atoms with E-state index in [0.29, 0.717) is 11.1 Å². The monoisotopic (exact) mass is 382 g/mol. The Balaban J connectivity index is 1.94. The average molecular weight is 382 g/mol. The van der Waals surface area contributed by atoms with Gasteiger partial charge in [-0.3, -0.25) is 0 Å². The summed E-state index contributed by atoms with van der Waals surface area (Å²) >= 11 is 0. The van der Waals surface area contributed by atoms with E-state index in [1.165, 1.54) is 0 Å². The Morgan fingerprint density at radius 2 is 1.11 bits per heavy atom. The lowest BCUT2D eigenvalue weighted by molar-refractivity contribution is -0.136. The van der Waals surface area contributed by atoms with E-state index < -0.39 is 18.5 Å². The zero-order valence-corrected chi connectivity index (χ0v) is 16.4. The minimum Gasteiger partial charge on any atom is -0.171 e. The fourth-order valence-electron chi connectivity index (χ4n) is 3.41. The minimum absolute atomic E-state index is 0.0324. The Morgan fingerprint density at radius 1 is 0.643 bits per heavy atom. The van der Waals surface area contributed by atoms with Gasteiger partial charge in [-0.05, 0) is 33.2 Å². The van der Waals surface area contributed by atoms with E-state index in [-0.39, 0.29) is 5.41 Å². The molecule has 3 rings (SSSR count). The first-order valence-electron chi connectivity index (χ1n) is 9.46. The SMILES string of the molecule is CC(C)(C)c1ccc([C@H](CC(F)(F)F)c2ccc(-c3ccccc3)cc2)cc1. The predicted molar refractivity (Wildman–Crippen MR) is 110 cm³/mol. The Bertz CT molecular complexity index is 884. The summed E-state index contributed by atoms with van der Waals surface area (Å²) < 4.78 is 39.9. The van der Waals surface area contributed by atoms with Crippen LogP contribution in [0.25, 0.3) is 11.1 Å². The summed E-state index contributed by atoms with van der Waals surface area (Å²) in [6.07, 6.45) is -5.10. The summed E-state index contributed by atoms with van der Waals surface area (Å²) in [5.41, 5.74) is 4.50. The van der Waals surface area contributed by atoms with E-state index >= 15 is 0 Å². The van der Waals surface area contributed by atoms with Gasteiger partial charge >= 0.3 is 6.18 Å². The highest BCUT2D eigenvalue weighted by Crippen LogP contribution is 2.37. The third-order valence-electron chi connectivity index (χ3n) is 5.03. The van der Waals surface area contributed by atoms with Crippen LogP contribution in [0.3, 0.4) is 0 Å². The normalized spacial score (nSPS) is 13.4. The van der Waals surface area contributed by atoms with Crippen LogP contribution in [0.1, 0.15) is 49.8 Å². The van der Waals surface area contributed by atoms with Crippen LogP contribution < -0.4 is 0 Å². The highest BCUT2D eigenvalue weighted by Gasteiger charge is 2.33. The molecule has 3 aromatic rings. The van der Waals surface area contributed by atoms with Crippen LogP contribution in [0.15, 0.2) is 78.9 Å². The van der Waals surface area contributed by atoms with Gasteiger partial charge in [-0.25, -0.2) is 0 Å². The molecule has 0 aliphatic carbocycles. The summed E-state index contributed by atoms with van der Waals surface area (Å²) in [6.45, 7) is 6.28. The molecule has 0 N–H and O–H groups in total. The molecule has 28 heavy (non-hydrogen) atoms. The fourth-order valence-corrected chi connectivity index (χ4v) is 3.41. The quantitative estimate of drug-likeness (QED) is 0.433. The van der Waals surface area contributed by atoms with Crippen LogP contribution in [0.4, 0.5) is 13.2 Å². The first-order chi connectivity index (χ1) is 13.1. The van der Waals surface area contributed by atoms with Crippen molar-refractivity contribution >= 4 is 0 Å². The minimum atomic E-state index is -4.23. The molecule has 3 aromatic carbocycles. The molecule has 0 saturated heterocycles. The average Bonchev–Trinajstić information content (AvgIpc) is 2.66. The summed E-state index contributed by atoms with van der Waals surface area (Å²) in [4.78, 5) is 0. The van der Waals surface area contributed by atoms with E-state index in [9.17, 15) is 13.2 Å². The standard InChI is InChI=1S/C25H25F3/c1-24(2,3)22-15-13-21(14-16-22)23(17-25(26,27)28)20-11-9-19(10-12-20)18-7-5-4-6-8-18/h4-16,23H,17H2,1-3H3/t23-/m1/s1. The molecule has 0 saturated carbocycles. The molecule has 0 unspecified atom stereocenters. The Labute approximate surface area is 165 Å². The smallest absolute Gasteiger partial charge is 0.171 e. The lowest BCUT2D eigenvalue weighted by atomic mass is 9.83. The summed E-state index contributed by atoms with van der Waals surface area (Å²) in [5, 5.41) is 0. The molecule has 3 heteroatoms. The van der Waals surface area contributed by atoms with Crippen molar-refractivity contribution < 1.29 is 13.2 Å². The van der Waals surface area contributed by atoms with Crippen molar-refractivity contribution in [2.75, 3.05) is 0 Å². The molecule has 0 spiro atoms. The van der Waals surface area contributed by atoms with E-state index in [2.05, 4.69) is 20.8 Å². The van der Waals surface area contributed by atoms with Gasteiger partial charge in [-0.1, -0.05) is 99.6 Å². The Morgan fingerprint density at radius 3 is 1.57 bits per heavy atom. The van der Waals surface area contributed by atoms with E-state index in [4.69, 9.17) is 0 Å². The van der Waals surface area contributed by atoms with Crippen molar-refractivity contribution in [1.29, 1.82) is 0 Å². The number of halogens is 3. The van der Waals surface area contributed by atoms with Gasteiger partial charge in [0.25, 0.3) is 0 Å². The number of rotatable bonds is 4. The van der Waals surface area contributed by atoms with Gasteiger partial charge in [0.15, 0.2) is 0 Å². The van der Waals surface area contributed by atoms with E-state index in [1.54, 1.807) is 0 Å². The van der Waals surface area contributed by atoms with Gasteiger partial charge in [-0.15, -0.1) is 0 Å². The topological polar surface area (TPSA) is 0 Å². The molecule has 0 fully saturated rings. The van der Waals surface area contributed by atoms with Crippen molar-refractivity contribution in [1.82, 2.24) is 0 Å². The van der Waals surface area contributed by atoms with Crippen LogP contribution in [-0.4, -0.2) is 6.18 Å². The number of alkyl halides is 3. The maximum Gasteiger partial charge on any atom is 0.390 e. The lowest BCUT2D eigenvalue weighted by Gasteiger charge is -2.23. The van der Waals surface area contributed by atoms with Gasteiger partial charge in [0.2, 0.25) is 0 Å². The molecule has 0 aromatic heterocycles. The summed E-state index contributed by atoms with van der Waals surface area (Å²) in [6, 6.07) is 24.8. The van der Waals surface area contributed by atoms with Crippen LogP contribution in [0.5, 0.6) is 0 Å². The Hall–Kier alpha value is -2.55. The summed E-state index contributed by atoms with van der Waals surface area (Å²) in [5.74, 6) is -0.709. The first-order valence-corrected chi connectivity index (χ1v) is 9.46. The van der Waals surface area contributed by atoms with Crippen molar-refractivity contribution in [3.8, 4) is 11.1 Å².